The van der Waals surface area contributed by atoms with Gasteiger partial charge in [-0.05, 0) is 39.7 Å². The maximum Gasteiger partial charge on any atom is 0.407 e. The fourth-order valence-corrected chi connectivity index (χ4v) is 2.08. The number of nitro groups is 1. The predicted octanol–water partition coefficient (Wildman–Crippen LogP) is 2.56. The van der Waals surface area contributed by atoms with Crippen LogP contribution in [0.25, 0.3) is 0 Å². The van der Waals surface area contributed by atoms with E-state index >= 15 is 0 Å². The molecule has 0 fully saturated rings. The average molecular weight is 379 g/mol. The van der Waals surface area contributed by atoms with Crippen LogP contribution in [0.3, 0.4) is 0 Å². The lowest BCUT2D eigenvalue weighted by atomic mass is 10.2. The average Bonchev–Trinajstić information content (AvgIpc) is 2.58. The molecule has 0 saturated carbocycles. The van der Waals surface area contributed by atoms with Crippen molar-refractivity contribution in [1.82, 2.24) is 16.0 Å². The number of nitrogens with zero attached hydrogens (tertiary/aromatic N) is 2. The molecule has 0 aliphatic heterocycles. The van der Waals surface area contributed by atoms with Crippen molar-refractivity contribution in [2.75, 3.05) is 19.6 Å². The summed E-state index contributed by atoms with van der Waals surface area (Å²) in [5.74, 6) is 0.612. The highest BCUT2D eigenvalue weighted by atomic mass is 16.6. The van der Waals surface area contributed by atoms with Crippen LogP contribution in [-0.4, -0.2) is 42.2 Å². The van der Waals surface area contributed by atoms with Crippen LogP contribution >= 0.6 is 0 Å². The van der Waals surface area contributed by atoms with Gasteiger partial charge >= 0.3 is 6.09 Å². The molecule has 1 rings (SSSR count). The second-order valence-corrected chi connectivity index (χ2v) is 6.83. The molecule has 3 N–H and O–H groups in total. The minimum Gasteiger partial charge on any atom is -0.444 e. The van der Waals surface area contributed by atoms with Crippen LogP contribution in [-0.2, 0) is 11.3 Å². The van der Waals surface area contributed by atoms with Crippen LogP contribution in [0, 0.1) is 10.1 Å². The van der Waals surface area contributed by atoms with Crippen LogP contribution < -0.4 is 16.0 Å². The molecule has 0 atom stereocenters. The predicted molar refractivity (Wildman–Crippen MR) is 105 cm³/mol. The van der Waals surface area contributed by atoms with Gasteiger partial charge in [0, 0.05) is 31.8 Å². The first-order valence-electron chi connectivity index (χ1n) is 8.93. The van der Waals surface area contributed by atoms with Gasteiger partial charge in [-0.2, -0.15) is 0 Å². The maximum atomic E-state index is 11.6. The maximum absolute atomic E-state index is 11.6. The minimum atomic E-state index is -0.514. The molecule has 0 radical (unpaired) electrons. The molecule has 0 aromatic heterocycles. The molecule has 0 saturated heterocycles. The Balaban J connectivity index is 2.43. The number of aliphatic imine (C=N–C) groups is 1. The fraction of sp³-hybridized carbons (Fsp3) is 0.556. The van der Waals surface area contributed by atoms with E-state index in [4.69, 9.17) is 4.74 Å². The zero-order chi connectivity index (χ0) is 20.3. The Hall–Kier alpha value is -2.84. The van der Waals surface area contributed by atoms with Crippen LogP contribution in [0.15, 0.2) is 29.3 Å². The second-order valence-electron chi connectivity index (χ2n) is 6.83. The van der Waals surface area contributed by atoms with Crippen molar-refractivity contribution in [3.63, 3.8) is 0 Å². The minimum absolute atomic E-state index is 0.0499. The van der Waals surface area contributed by atoms with Gasteiger partial charge in [0.05, 0.1) is 11.5 Å². The smallest absolute Gasteiger partial charge is 0.407 e. The zero-order valence-electron chi connectivity index (χ0n) is 16.4. The molecule has 0 bridgehead atoms. The normalized spacial score (nSPS) is 11.6. The number of alkyl carbamates (subject to hydrolysis) is 1. The van der Waals surface area contributed by atoms with E-state index < -0.39 is 16.6 Å². The van der Waals surface area contributed by atoms with Gasteiger partial charge in [-0.25, -0.2) is 9.79 Å². The van der Waals surface area contributed by atoms with Crippen molar-refractivity contribution in [3.8, 4) is 0 Å². The lowest BCUT2D eigenvalue weighted by molar-refractivity contribution is -0.384. The van der Waals surface area contributed by atoms with E-state index in [2.05, 4.69) is 20.9 Å². The molecule has 1 amide bonds. The molecule has 27 heavy (non-hydrogen) atoms. The molecule has 0 unspecified atom stereocenters. The number of amides is 1. The second kappa shape index (κ2) is 11.0. The number of guanidine groups is 1. The van der Waals surface area contributed by atoms with Gasteiger partial charge in [-0.3, -0.25) is 10.1 Å². The molecular weight excluding hydrogens is 350 g/mol. The van der Waals surface area contributed by atoms with Crippen LogP contribution in [0.2, 0.25) is 0 Å². The first-order valence-corrected chi connectivity index (χ1v) is 8.93. The van der Waals surface area contributed by atoms with E-state index in [1.807, 2.05) is 27.7 Å². The van der Waals surface area contributed by atoms with Gasteiger partial charge < -0.3 is 20.7 Å². The van der Waals surface area contributed by atoms with Crippen molar-refractivity contribution < 1.29 is 14.5 Å². The Morgan fingerprint density at radius 2 is 1.93 bits per heavy atom. The van der Waals surface area contributed by atoms with Gasteiger partial charge in [-0.15, -0.1) is 0 Å². The summed E-state index contributed by atoms with van der Waals surface area (Å²) in [6.07, 6.45) is 0.259. The largest absolute Gasteiger partial charge is 0.444 e. The number of nitro benzene ring substituents is 1. The standard InChI is InChI=1S/C18H29N5O4/c1-5-19-16(20-10-7-11-21-17(24)27-18(2,3)4)22-13-14-8-6-9-15(12-14)23(25)26/h6,8-9,12H,5,7,10-11,13H2,1-4H3,(H,21,24)(H2,19,20,22). The Morgan fingerprint density at radius 1 is 1.22 bits per heavy atom. The van der Waals surface area contributed by atoms with Gasteiger partial charge in [0.25, 0.3) is 5.69 Å². The molecule has 0 aliphatic carbocycles. The summed E-state index contributed by atoms with van der Waals surface area (Å²) in [5, 5.41) is 19.8. The summed E-state index contributed by atoms with van der Waals surface area (Å²) < 4.78 is 5.16. The van der Waals surface area contributed by atoms with Gasteiger partial charge in [0.2, 0.25) is 0 Å². The molecule has 9 nitrogen and oxygen atoms in total. The summed E-state index contributed by atoms with van der Waals surface area (Å²) in [4.78, 5) is 26.4. The Kier molecular flexibility index (Phi) is 9.04. The van der Waals surface area contributed by atoms with Crippen molar-refractivity contribution in [2.45, 2.75) is 46.3 Å². The molecule has 0 spiro atoms. The Bertz CT molecular complexity index is 655. The number of benzene rings is 1. The molecule has 9 heteroatoms. The number of nitrogens with one attached hydrogen (secondary N) is 3. The third kappa shape index (κ3) is 10.0. The van der Waals surface area contributed by atoms with E-state index in [-0.39, 0.29) is 5.69 Å². The van der Waals surface area contributed by atoms with Crippen LogP contribution in [0.1, 0.15) is 39.7 Å². The molecule has 1 aromatic rings. The van der Waals surface area contributed by atoms with Crippen molar-refractivity contribution in [2.24, 2.45) is 4.99 Å². The van der Waals surface area contributed by atoms with Crippen molar-refractivity contribution >= 4 is 17.7 Å². The summed E-state index contributed by atoms with van der Waals surface area (Å²) in [6.45, 7) is 9.50. The highest BCUT2D eigenvalue weighted by molar-refractivity contribution is 5.79. The molecule has 1 aromatic carbocycles. The van der Waals surface area contributed by atoms with E-state index in [9.17, 15) is 14.9 Å². The number of ether oxygens (including phenoxy) is 1. The Labute approximate surface area is 159 Å². The first-order chi connectivity index (χ1) is 12.7. The highest BCUT2D eigenvalue weighted by Gasteiger charge is 2.15. The summed E-state index contributed by atoms with van der Waals surface area (Å²) >= 11 is 0. The SMILES string of the molecule is CCNC(=NCc1cccc([N+](=O)[O-])c1)NCCCNC(=O)OC(C)(C)C. The molecule has 150 valence electrons. The third-order valence-electron chi connectivity index (χ3n) is 3.20. The summed E-state index contributed by atoms with van der Waals surface area (Å²) in [7, 11) is 0. The number of hydrogen-bond acceptors (Lipinski definition) is 5. The fourth-order valence-electron chi connectivity index (χ4n) is 2.08. The lowest BCUT2D eigenvalue weighted by Crippen LogP contribution is -2.39. The molecule has 0 aliphatic rings. The third-order valence-corrected chi connectivity index (χ3v) is 3.20. The molecule has 0 heterocycles. The van der Waals surface area contributed by atoms with Gasteiger partial charge in [0.15, 0.2) is 5.96 Å². The van der Waals surface area contributed by atoms with E-state index in [0.29, 0.717) is 38.6 Å². The lowest BCUT2D eigenvalue weighted by Gasteiger charge is -2.19. The van der Waals surface area contributed by atoms with E-state index in [1.54, 1.807) is 12.1 Å². The van der Waals surface area contributed by atoms with E-state index in [1.165, 1.54) is 12.1 Å². The quantitative estimate of drug-likeness (QED) is 0.210. The van der Waals surface area contributed by atoms with Crippen LogP contribution in [0.4, 0.5) is 10.5 Å². The van der Waals surface area contributed by atoms with Crippen molar-refractivity contribution in [3.05, 3.63) is 39.9 Å². The molecular formula is C18H29N5O4. The topological polar surface area (TPSA) is 118 Å². The van der Waals surface area contributed by atoms with Gasteiger partial charge in [-0.1, -0.05) is 12.1 Å². The number of carbonyl (C=O) groups is 1. The summed E-state index contributed by atoms with van der Waals surface area (Å²) in [6, 6.07) is 6.41. The van der Waals surface area contributed by atoms with Crippen molar-refractivity contribution in [1.29, 1.82) is 0 Å². The first kappa shape index (κ1) is 22.2. The van der Waals surface area contributed by atoms with Gasteiger partial charge in [0.1, 0.15) is 5.60 Å². The number of non-ortho nitro benzene ring substituents is 1. The number of carbonyl (C=O) groups excluding carboxylic acids is 1. The number of hydrogen-bond donors (Lipinski definition) is 3. The zero-order valence-corrected chi connectivity index (χ0v) is 16.4. The number of rotatable bonds is 8. The monoisotopic (exact) mass is 379 g/mol. The summed E-state index contributed by atoms with van der Waals surface area (Å²) in [5.41, 5.74) is 0.293. The van der Waals surface area contributed by atoms with Crippen LogP contribution in [0.5, 0.6) is 0 Å². The Morgan fingerprint density at radius 3 is 2.56 bits per heavy atom. The highest BCUT2D eigenvalue weighted by Crippen LogP contribution is 2.13. The van der Waals surface area contributed by atoms with E-state index in [0.717, 1.165) is 5.56 Å².